The highest BCUT2D eigenvalue weighted by Gasteiger charge is 2.36. The zero-order valence-corrected chi connectivity index (χ0v) is 21.9. The topological polar surface area (TPSA) is 108 Å². The van der Waals surface area contributed by atoms with Crippen molar-refractivity contribution in [2.75, 3.05) is 26.2 Å². The van der Waals surface area contributed by atoms with Crippen LogP contribution in [0.15, 0.2) is 23.1 Å². The first-order valence-corrected chi connectivity index (χ1v) is 14.6. The van der Waals surface area contributed by atoms with Gasteiger partial charge in [-0.1, -0.05) is 13.8 Å². The monoisotopic (exact) mass is 513 g/mol. The minimum absolute atomic E-state index is 0.0820. The van der Waals surface area contributed by atoms with E-state index in [-0.39, 0.29) is 35.4 Å². The highest BCUT2D eigenvalue weighted by atomic mass is 32.2. The van der Waals surface area contributed by atoms with Gasteiger partial charge in [0.25, 0.3) is 0 Å². The molecule has 2 fully saturated rings. The number of piperidine rings is 2. The molecule has 1 aliphatic carbocycles. The summed E-state index contributed by atoms with van der Waals surface area (Å²) < 4.78 is 28.5. The number of benzene rings is 1. The van der Waals surface area contributed by atoms with Gasteiger partial charge in [-0.2, -0.15) is 4.31 Å². The molecule has 1 aromatic heterocycles. The first-order valence-electron chi connectivity index (χ1n) is 13.1. The van der Waals surface area contributed by atoms with Crippen LogP contribution in [0.25, 0.3) is 10.9 Å². The predicted molar refractivity (Wildman–Crippen MR) is 136 cm³/mol. The van der Waals surface area contributed by atoms with Crippen molar-refractivity contribution in [3.8, 4) is 0 Å². The highest BCUT2D eigenvalue weighted by Crippen LogP contribution is 2.33. The fourth-order valence-corrected chi connectivity index (χ4v) is 7.90. The van der Waals surface area contributed by atoms with Crippen LogP contribution >= 0.6 is 0 Å². The van der Waals surface area contributed by atoms with E-state index in [1.165, 1.54) is 16.4 Å². The molecule has 5 rings (SSSR count). The van der Waals surface area contributed by atoms with E-state index in [0.717, 1.165) is 50.0 Å². The molecule has 36 heavy (non-hydrogen) atoms. The second-order valence-corrected chi connectivity index (χ2v) is 12.9. The van der Waals surface area contributed by atoms with Gasteiger partial charge in [-0.3, -0.25) is 9.78 Å². The van der Waals surface area contributed by atoms with Crippen LogP contribution in [0.5, 0.6) is 0 Å². The Bertz CT molecular complexity index is 1290. The van der Waals surface area contributed by atoms with Crippen LogP contribution in [-0.2, 0) is 27.7 Å². The van der Waals surface area contributed by atoms with Gasteiger partial charge in [0.15, 0.2) is 0 Å². The Hall–Kier alpha value is -2.52. The van der Waals surface area contributed by atoms with Crippen LogP contribution in [-0.4, -0.2) is 65.8 Å². The first-order chi connectivity index (χ1) is 17.1. The van der Waals surface area contributed by atoms with Crippen molar-refractivity contribution in [3.05, 3.63) is 35.0 Å². The number of hydrogen-bond acceptors (Lipinski definition) is 5. The van der Waals surface area contributed by atoms with E-state index in [1.807, 2.05) is 4.90 Å². The summed E-state index contributed by atoms with van der Waals surface area (Å²) in [6.07, 6.45) is 5.41. The molecule has 1 aromatic carbocycles. The summed E-state index contributed by atoms with van der Waals surface area (Å²) in [4.78, 5) is 32.0. The smallest absolute Gasteiger partial charge is 0.336 e. The molecular weight excluding hydrogens is 478 g/mol. The van der Waals surface area contributed by atoms with Crippen LogP contribution in [0, 0.1) is 17.8 Å². The average molecular weight is 514 g/mol. The molecule has 2 aromatic rings. The van der Waals surface area contributed by atoms with Gasteiger partial charge in [-0.05, 0) is 80.5 Å². The lowest BCUT2D eigenvalue weighted by atomic mass is 9.89. The van der Waals surface area contributed by atoms with Gasteiger partial charge >= 0.3 is 5.97 Å². The van der Waals surface area contributed by atoms with E-state index in [4.69, 9.17) is 0 Å². The number of nitrogens with zero attached hydrogens (tertiary/aromatic N) is 3. The van der Waals surface area contributed by atoms with E-state index in [2.05, 4.69) is 18.8 Å². The number of sulfonamides is 1. The Morgan fingerprint density at radius 2 is 1.69 bits per heavy atom. The van der Waals surface area contributed by atoms with Crippen molar-refractivity contribution < 1.29 is 23.1 Å². The summed E-state index contributed by atoms with van der Waals surface area (Å²) in [7, 11) is -3.82. The first kappa shape index (κ1) is 25.1. The largest absolute Gasteiger partial charge is 0.478 e. The van der Waals surface area contributed by atoms with Gasteiger partial charge in [0.1, 0.15) is 0 Å². The van der Waals surface area contributed by atoms with Gasteiger partial charge in [0, 0.05) is 43.2 Å². The van der Waals surface area contributed by atoms with E-state index in [9.17, 15) is 23.1 Å². The van der Waals surface area contributed by atoms with Crippen molar-refractivity contribution >= 4 is 32.8 Å². The number of amides is 1. The molecule has 0 bridgehead atoms. The Morgan fingerprint density at radius 3 is 2.36 bits per heavy atom. The number of carbonyl (C=O) groups excluding carboxylic acids is 1. The lowest BCUT2D eigenvalue weighted by molar-refractivity contribution is -0.139. The summed E-state index contributed by atoms with van der Waals surface area (Å²) in [5.74, 6) is -0.0718. The molecule has 1 N–H and O–H groups in total. The fraction of sp³-hybridized carbons (Fsp3) is 0.593. The number of hydrogen-bond donors (Lipinski definition) is 1. The highest BCUT2D eigenvalue weighted by molar-refractivity contribution is 7.89. The summed E-state index contributed by atoms with van der Waals surface area (Å²) in [5.41, 5.74) is 2.24. The lowest BCUT2D eigenvalue weighted by Gasteiger charge is -2.39. The Morgan fingerprint density at radius 1 is 1.03 bits per heavy atom. The maximum atomic E-state index is 13.5. The van der Waals surface area contributed by atoms with E-state index < -0.39 is 16.0 Å². The van der Waals surface area contributed by atoms with Crippen molar-refractivity contribution in [1.29, 1.82) is 0 Å². The minimum Gasteiger partial charge on any atom is -0.478 e. The Balaban J connectivity index is 1.36. The molecule has 194 valence electrons. The average Bonchev–Trinajstić information content (AvgIpc) is 2.85. The van der Waals surface area contributed by atoms with Crippen LogP contribution < -0.4 is 0 Å². The molecule has 0 spiro atoms. The zero-order valence-electron chi connectivity index (χ0n) is 21.1. The van der Waals surface area contributed by atoms with Crippen molar-refractivity contribution in [2.24, 2.45) is 17.8 Å². The normalized spacial score (nSPS) is 24.0. The summed E-state index contributed by atoms with van der Waals surface area (Å²) in [6, 6.07) is 4.63. The predicted octanol–water partition coefficient (Wildman–Crippen LogP) is 3.72. The van der Waals surface area contributed by atoms with Gasteiger partial charge in [0.2, 0.25) is 15.9 Å². The molecular formula is C27H35N3O5S. The third kappa shape index (κ3) is 4.63. The quantitative estimate of drug-likeness (QED) is 0.668. The summed E-state index contributed by atoms with van der Waals surface area (Å²) in [6.45, 7) is 6.48. The van der Waals surface area contributed by atoms with Crippen LogP contribution in [0.4, 0.5) is 0 Å². The fourth-order valence-electron chi connectivity index (χ4n) is 6.40. The molecule has 1 amide bonds. The standard InChI is InChI=1S/C27H35N3O5S/c1-17-13-18(2)16-29(15-17)26(31)19-9-11-30(12-10-19)36(34,35)20-7-8-24-22(14-20)25(27(32)33)21-5-3-4-6-23(21)28-24/h7-8,14,17-19H,3-6,9-13,15-16H2,1-2H3,(H,32,33). The minimum atomic E-state index is -3.82. The molecule has 3 heterocycles. The third-order valence-corrected chi connectivity index (χ3v) is 9.96. The molecule has 0 radical (unpaired) electrons. The SMILES string of the molecule is CC1CC(C)CN(C(=O)C2CCN(S(=O)(=O)c3ccc4nc5c(c(C(=O)O)c4c3)CCCC5)CC2)C1. The maximum absolute atomic E-state index is 13.5. The molecule has 8 nitrogen and oxygen atoms in total. The number of carboxylic acid groups (broad SMARTS) is 1. The number of aryl methyl sites for hydroxylation is 1. The second-order valence-electron chi connectivity index (χ2n) is 11.0. The van der Waals surface area contributed by atoms with Gasteiger partial charge in [-0.25, -0.2) is 13.2 Å². The van der Waals surface area contributed by atoms with E-state index in [0.29, 0.717) is 42.0 Å². The molecule has 0 saturated carbocycles. The van der Waals surface area contributed by atoms with E-state index >= 15 is 0 Å². The molecule has 3 aliphatic rings. The van der Waals surface area contributed by atoms with Crippen LogP contribution in [0.3, 0.4) is 0 Å². The number of fused-ring (bicyclic) bond motifs is 2. The molecule has 2 unspecified atom stereocenters. The van der Waals surface area contributed by atoms with E-state index in [1.54, 1.807) is 6.07 Å². The number of aromatic nitrogens is 1. The van der Waals surface area contributed by atoms with Gasteiger partial charge < -0.3 is 10.0 Å². The number of pyridine rings is 1. The van der Waals surface area contributed by atoms with Crippen molar-refractivity contribution in [3.63, 3.8) is 0 Å². The molecule has 2 atom stereocenters. The lowest BCUT2D eigenvalue weighted by Crippen LogP contribution is -2.48. The zero-order chi connectivity index (χ0) is 25.6. The number of carbonyl (C=O) groups is 2. The van der Waals surface area contributed by atoms with Crippen LogP contribution in [0.2, 0.25) is 0 Å². The van der Waals surface area contributed by atoms with Gasteiger partial charge in [0.05, 0.1) is 16.0 Å². The van der Waals surface area contributed by atoms with Crippen LogP contribution in [0.1, 0.15) is 67.6 Å². The number of carboxylic acids is 1. The van der Waals surface area contributed by atoms with Crippen molar-refractivity contribution in [2.45, 2.75) is 63.7 Å². The van der Waals surface area contributed by atoms with Crippen molar-refractivity contribution in [1.82, 2.24) is 14.2 Å². The summed E-state index contributed by atoms with van der Waals surface area (Å²) >= 11 is 0. The molecule has 2 aliphatic heterocycles. The summed E-state index contributed by atoms with van der Waals surface area (Å²) in [5, 5.41) is 10.4. The number of aromatic carboxylic acids is 1. The molecule has 2 saturated heterocycles. The Kier molecular flexibility index (Phi) is 6.80. The Labute approximate surface area is 212 Å². The number of likely N-dealkylation sites (tertiary alicyclic amines) is 1. The van der Waals surface area contributed by atoms with Gasteiger partial charge in [-0.15, -0.1) is 0 Å². The third-order valence-electron chi connectivity index (χ3n) is 8.07. The maximum Gasteiger partial charge on any atom is 0.336 e. The second kappa shape index (κ2) is 9.74. The number of rotatable bonds is 4. The molecule has 9 heteroatoms.